The SMILES string of the molecule is CCCN(CCNC(=NC)NC1CCN(S(=O)(=O)CC)CC1)C(=O)OC(C)(C)C. The number of nitrogens with one attached hydrogen (secondary N) is 2. The van der Waals surface area contributed by atoms with Gasteiger partial charge in [0, 0.05) is 45.8 Å². The summed E-state index contributed by atoms with van der Waals surface area (Å²) < 4.78 is 31.0. The largest absolute Gasteiger partial charge is 0.444 e. The molecule has 1 aliphatic heterocycles. The number of rotatable bonds is 8. The smallest absolute Gasteiger partial charge is 0.410 e. The van der Waals surface area contributed by atoms with Crippen LogP contribution in [0.25, 0.3) is 0 Å². The zero-order chi connectivity index (χ0) is 22.1. The number of hydrogen-bond acceptors (Lipinski definition) is 5. The van der Waals surface area contributed by atoms with Crippen LogP contribution in [0.15, 0.2) is 4.99 Å². The van der Waals surface area contributed by atoms with Crippen LogP contribution in [0.3, 0.4) is 0 Å². The summed E-state index contributed by atoms with van der Waals surface area (Å²) in [6.07, 6.45) is 2.01. The molecule has 29 heavy (non-hydrogen) atoms. The molecule has 0 aromatic heterocycles. The molecular formula is C19H39N5O4S. The van der Waals surface area contributed by atoms with Crippen molar-refractivity contribution < 1.29 is 17.9 Å². The Morgan fingerprint density at radius 1 is 1.21 bits per heavy atom. The van der Waals surface area contributed by atoms with Crippen LogP contribution in [0.5, 0.6) is 0 Å². The standard InChI is InChI=1S/C19H39N5O4S/c1-7-12-23(18(25)28-19(3,4)5)15-11-21-17(20-6)22-16-9-13-24(14-10-16)29(26,27)8-2/h16H,7-15H2,1-6H3,(H2,20,21,22). The van der Waals surface area contributed by atoms with Crippen LogP contribution in [0, 0.1) is 0 Å². The van der Waals surface area contributed by atoms with E-state index in [0.29, 0.717) is 38.7 Å². The van der Waals surface area contributed by atoms with Gasteiger partial charge in [-0.25, -0.2) is 17.5 Å². The number of amides is 1. The first-order valence-electron chi connectivity index (χ1n) is 10.4. The minimum atomic E-state index is -3.12. The molecule has 0 bridgehead atoms. The van der Waals surface area contributed by atoms with Crippen molar-refractivity contribution in [1.29, 1.82) is 0 Å². The van der Waals surface area contributed by atoms with E-state index in [-0.39, 0.29) is 17.9 Å². The fourth-order valence-electron chi connectivity index (χ4n) is 3.05. The second-order valence-corrected chi connectivity index (χ2v) is 10.4. The average molecular weight is 434 g/mol. The van der Waals surface area contributed by atoms with E-state index in [1.807, 2.05) is 27.7 Å². The lowest BCUT2D eigenvalue weighted by atomic mass is 10.1. The van der Waals surface area contributed by atoms with Gasteiger partial charge in [-0.1, -0.05) is 6.92 Å². The molecule has 0 aromatic rings. The molecule has 0 radical (unpaired) electrons. The van der Waals surface area contributed by atoms with Crippen molar-refractivity contribution in [3.05, 3.63) is 0 Å². The van der Waals surface area contributed by atoms with Crippen LogP contribution in [0.1, 0.15) is 53.9 Å². The predicted molar refractivity (Wildman–Crippen MR) is 117 cm³/mol. The molecule has 1 amide bonds. The van der Waals surface area contributed by atoms with Crippen molar-refractivity contribution in [3.8, 4) is 0 Å². The van der Waals surface area contributed by atoms with Gasteiger partial charge in [-0.15, -0.1) is 0 Å². The summed E-state index contributed by atoms with van der Waals surface area (Å²) in [6.45, 7) is 12.0. The number of guanidine groups is 1. The molecule has 1 rings (SSSR count). The number of carbonyl (C=O) groups excluding carboxylic acids is 1. The Labute approximate surface area is 176 Å². The van der Waals surface area contributed by atoms with Gasteiger partial charge in [0.1, 0.15) is 5.60 Å². The third kappa shape index (κ3) is 9.20. The third-order valence-corrected chi connectivity index (χ3v) is 6.48. The highest BCUT2D eigenvalue weighted by Gasteiger charge is 2.27. The van der Waals surface area contributed by atoms with Crippen molar-refractivity contribution in [2.45, 2.75) is 65.5 Å². The fourth-order valence-corrected chi connectivity index (χ4v) is 4.18. The van der Waals surface area contributed by atoms with Gasteiger partial charge in [0.2, 0.25) is 10.0 Å². The van der Waals surface area contributed by atoms with E-state index in [2.05, 4.69) is 15.6 Å². The Bertz CT molecular complexity index is 637. The fraction of sp³-hybridized carbons (Fsp3) is 0.895. The number of aliphatic imine (C=N–C) groups is 1. The van der Waals surface area contributed by atoms with E-state index in [9.17, 15) is 13.2 Å². The van der Waals surface area contributed by atoms with Crippen molar-refractivity contribution in [2.75, 3.05) is 45.5 Å². The lowest BCUT2D eigenvalue weighted by molar-refractivity contribution is 0.0253. The first kappa shape index (κ1) is 25.5. The Morgan fingerprint density at radius 3 is 2.31 bits per heavy atom. The zero-order valence-electron chi connectivity index (χ0n) is 18.8. The lowest BCUT2D eigenvalue weighted by Gasteiger charge is -2.32. The molecule has 0 aromatic carbocycles. The molecule has 170 valence electrons. The molecule has 0 saturated carbocycles. The van der Waals surface area contributed by atoms with Gasteiger partial charge >= 0.3 is 6.09 Å². The van der Waals surface area contributed by atoms with E-state index in [1.54, 1.807) is 23.2 Å². The minimum absolute atomic E-state index is 0.139. The van der Waals surface area contributed by atoms with Gasteiger partial charge in [0.15, 0.2) is 5.96 Å². The Morgan fingerprint density at radius 2 is 1.83 bits per heavy atom. The van der Waals surface area contributed by atoms with E-state index < -0.39 is 15.6 Å². The molecule has 1 saturated heterocycles. The first-order chi connectivity index (χ1) is 13.5. The number of carbonyl (C=O) groups is 1. The van der Waals surface area contributed by atoms with Gasteiger partial charge in [-0.2, -0.15) is 0 Å². The maximum atomic E-state index is 12.3. The molecule has 1 aliphatic rings. The van der Waals surface area contributed by atoms with Crippen LogP contribution in [-0.2, 0) is 14.8 Å². The second kappa shape index (κ2) is 11.6. The first-order valence-corrected chi connectivity index (χ1v) is 12.1. The second-order valence-electron chi connectivity index (χ2n) is 8.18. The van der Waals surface area contributed by atoms with E-state index in [4.69, 9.17) is 4.74 Å². The Kier molecular flexibility index (Phi) is 10.2. The molecule has 0 unspecified atom stereocenters. The summed E-state index contributed by atoms with van der Waals surface area (Å²) in [5.41, 5.74) is -0.520. The maximum Gasteiger partial charge on any atom is 0.410 e. The van der Waals surface area contributed by atoms with Gasteiger partial charge < -0.3 is 20.3 Å². The summed E-state index contributed by atoms with van der Waals surface area (Å²) in [4.78, 5) is 18.3. The van der Waals surface area contributed by atoms with Gasteiger partial charge in [-0.05, 0) is 47.0 Å². The Hall–Kier alpha value is -1.55. The van der Waals surface area contributed by atoms with E-state index in [1.165, 1.54) is 0 Å². The van der Waals surface area contributed by atoms with Gasteiger partial charge in [0.05, 0.1) is 5.75 Å². The number of ether oxygens (including phenoxy) is 1. The van der Waals surface area contributed by atoms with Crippen molar-refractivity contribution in [1.82, 2.24) is 19.8 Å². The molecular weight excluding hydrogens is 394 g/mol. The van der Waals surface area contributed by atoms with E-state index in [0.717, 1.165) is 19.3 Å². The van der Waals surface area contributed by atoms with Crippen LogP contribution < -0.4 is 10.6 Å². The molecule has 1 heterocycles. The molecule has 9 nitrogen and oxygen atoms in total. The lowest BCUT2D eigenvalue weighted by Crippen LogP contribution is -2.51. The summed E-state index contributed by atoms with van der Waals surface area (Å²) in [5.74, 6) is 0.794. The summed E-state index contributed by atoms with van der Waals surface area (Å²) >= 11 is 0. The average Bonchev–Trinajstić information content (AvgIpc) is 2.65. The predicted octanol–water partition coefficient (Wildman–Crippen LogP) is 1.61. The minimum Gasteiger partial charge on any atom is -0.444 e. The van der Waals surface area contributed by atoms with Crippen molar-refractivity contribution >= 4 is 22.1 Å². The quantitative estimate of drug-likeness (QED) is 0.445. The maximum absolute atomic E-state index is 12.3. The Balaban J connectivity index is 2.46. The van der Waals surface area contributed by atoms with Crippen molar-refractivity contribution in [3.63, 3.8) is 0 Å². The van der Waals surface area contributed by atoms with Crippen LogP contribution >= 0.6 is 0 Å². The van der Waals surface area contributed by atoms with Crippen LogP contribution in [0.2, 0.25) is 0 Å². The molecule has 1 fully saturated rings. The summed E-state index contributed by atoms with van der Waals surface area (Å²) in [7, 11) is -1.42. The number of piperidine rings is 1. The molecule has 2 N–H and O–H groups in total. The normalized spacial score (nSPS) is 17.1. The highest BCUT2D eigenvalue weighted by atomic mass is 32.2. The molecule has 10 heteroatoms. The summed E-state index contributed by atoms with van der Waals surface area (Å²) in [6, 6.07) is 0.169. The monoisotopic (exact) mass is 433 g/mol. The number of hydrogen-bond donors (Lipinski definition) is 2. The van der Waals surface area contributed by atoms with Crippen LogP contribution in [0.4, 0.5) is 4.79 Å². The third-order valence-electron chi connectivity index (χ3n) is 4.60. The molecule has 0 aliphatic carbocycles. The zero-order valence-corrected chi connectivity index (χ0v) is 19.6. The summed E-state index contributed by atoms with van der Waals surface area (Å²) in [5, 5.41) is 6.59. The topological polar surface area (TPSA) is 103 Å². The van der Waals surface area contributed by atoms with Gasteiger partial charge in [-0.3, -0.25) is 4.99 Å². The van der Waals surface area contributed by atoms with Gasteiger partial charge in [0.25, 0.3) is 0 Å². The highest BCUT2D eigenvalue weighted by Crippen LogP contribution is 2.14. The van der Waals surface area contributed by atoms with E-state index >= 15 is 0 Å². The molecule has 0 spiro atoms. The number of nitrogens with zero attached hydrogens (tertiary/aromatic N) is 3. The highest BCUT2D eigenvalue weighted by molar-refractivity contribution is 7.89. The van der Waals surface area contributed by atoms with Crippen molar-refractivity contribution in [2.24, 2.45) is 4.99 Å². The number of sulfonamides is 1. The van der Waals surface area contributed by atoms with Crippen LogP contribution in [-0.4, -0.2) is 86.8 Å². The molecule has 0 atom stereocenters.